The Morgan fingerprint density at radius 1 is 1.50 bits per heavy atom. The van der Waals surface area contributed by atoms with Crippen LogP contribution in [0.3, 0.4) is 0 Å². The second-order valence-electron chi connectivity index (χ2n) is 4.76. The molecule has 1 aromatic heterocycles. The van der Waals surface area contributed by atoms with Crippen molar-refractivity contribution in [1.29, 1.82) is 0 Å². The maximum absolute atomic E-state index is 4.19. The Kier molecular flexibility index (Phi) is 2.10. The first kappa shape index (κ1) is 9.65. The van der Waals surface area contributed by atoms with E-state index in [1.54, 1.807) is 0 Å². The number of rotatable bonds is 1. The summed E-state index contributed by atoms with van der Waals surface area (Å²) in [4.78, 5) is 0. The van der Waals surface area contributed by atoms with Crippen LogP contribution in [0, 0.1) is 5.41 Å². The van der Waals surface area contributed by atoms with Gasteiger partial charge in [-0.2, -0.15) is 0 Å². The molecular formula is C10H18N4. The Balaban J connectivity index is 2.48. The average Bonchev–Trinajstić information content (AvgIpc) is 2.47. The van der Waals surface area contributed by atoms with E-state index in [1.165, 1.54) is 12.1 Å². The Labute approximate surface area is 84.7 Å². The number of aromatic nitrogens is 3. The van der Waals surface area contributed by atoms with Crippen molar-refractivity contribution in [2.24, 2.45) is 12.5 Å². The van der Waals surface area contributed by atoms with Gasteiger partial charge in [0, 0.05) is 7.05 Å². The van der Waals surface area contributed by atoms with Gasteiger partial charge in [-0.25, -0.2) is 0 Å². The quantitative estimate of drug-likeness (QED) is 0.726. The zero-order valence-corrected chi connectivity index (χ0v) is 9.33. The lowest BCUT2D eigenvalue weighted by Gasteiger charge is -2.37. The fourth-order valence-corrected chi connectivity index (χ4v) is 2.42. The van der Waals surface area contributed by atoms with Crippen LogP contribution < -0.4 is 5.32 Å². The number of nitrogens with one attached hydrogen (secondary N) is 1. The molecule has 0 bridgehead atoms. The van der Waals surface area contributed by atoms with E-state index in [4.69, 9.17) is 0 Å². The minimum Gasteiger partial charge on any atom is -0.311 e. The molecule has 1 aliphatic carbocycles. The molecule has 1 aliphatic rings. The molecule has 1 unspecified atom stereocenters. The molecule has 0 aliphatic heterocycles. The van der Waals surface area contributed by atoms with Crippen LogP contribution in [0.15, 0.2) is 0 Å². The molecule has 78 valence electrons. The molecule has 0 radical (unpaired) electrons. The van der Waals surface area contributed by atoms with E-state index in [1.807, 2.05) is 18.8 Å². The van der Waals surface area contributed by atoms with E-state index in [9.17, 15) is 0 Å². The molecule has 0 amide bonds. The summed E-state index contributed by atoms with van der Waals surface area (Å²) in [5.41, 5.74) is 2.70. The first-order chi connectivity index (χ1) is 6.56. The highest BCUT2D eigenvalue weighted by molar-refractivity contribution is 5.21. The van der Waals surface area contributed by atoms with E-state index < -0.39 is 0 Å². The molecule has 4 nitrogen and oxygen atoms in total. The normalized spacial score (nSPS) is 24.7. The van der Waals surface area contributed by atoms with Crippen LogP contribution >= 0.6 is 0 Å². The zero-order valence-electron chi connectivity index (χ0n) is 9.33. The van der Waals surface area contributed by atoms with Gasteiger partial charge in [0.05, 0.1) is 17.4 Å². The first-order valence-electron chi connectivity index (χ1n) is 5.12. The SMILES string of the molecule is CNC1c2c(nnn2C)CCC1(C)C. The van der Waals surface area contributed by atoms with Crippen LogP contribution in [-0.4, -0.2) is 22.0 Å². The molecule has 1 heterocycles. The lowest BCUT2D eigenvalue weighted by molar-refractivity contribution is 0.209. The summed E-state index contributed by atoms with van der Waals surface area (Å²) in [6.07, 6.45) is 2.22. The van der Waals surface area contributed by atoms with Crippen molar-refractivity contribution in [3.05, 3.63) is 11.4 Å². The highest BCUT2D eigenvalue weighted by atomic mass is 15.4. The monoisotopic (exact) mass is 194 g/mol. The second kappa shape index (κ2) is 3.05. The third kappa shape index (κ3) is 1.25. The van der Waals surface area contributed by atoms with Gasteiger partial charge in [-0.05, 0) is 25.3 Å². The zero-order chi connectivity index (χ0) is 10.3. The molecule has 14 heavy (non-hydrogen) atoms. The smallest absolute Gasteiger partial charge is 0.0875 e. The van der Waals surface area contributed by atoms with Crippen molar-refractivity contribution in [1.82, 2.24) is 20.3 Å². The van der Waals surface area contributed by atoms with E-state index in [-0.39, 0.29) is 5.41 Å². The summed E-state index contributed by atoms with van der Waals surface area (Å²) in [6, 6.07) is 0.367. The summed E-state index contributed by atoms with van der Waals surface area (Å²) in [5, 5.41) is 11.7. The lowest BCUT2D eigenvalue weighted by Crippen LogP contribution is -2.37. The molecule has 4 heteroatoms. The fourth-order valence-electron chi connectivity index (χ4n) is 2.42. The maximum Gasteiger partial charge on any atom is 0.0875 e. The standard InChI is InChI=1S/C10H18N4/c1-10(2)6-5-7-8(9(10)11-3)14(4)13-12-7/h9,11H,5-6H2,1-4H3. The second-order valence-corrected chi connectivity index (χ2v) is 4.76. The van der Waals surface area contributed by atoms with Crippen LogP contribution in [0.5, 0.6) is 0 Å². The summed E-state index contributed by atoms with van der Waals surface area (Å²) >= 11 is 0. The van der Waals surface area contributed by atoms with Gasteiger partial charge in [0.2, 0.25) is 0 Å². The minimum absolute atomic E-state index is 0.289. The third-order valence-corrected chi connectivity index (χ3v) is 3.29. The molecule has 1 atom stereocenters. The Morgan fingerprint density at radius 2 is 2.21 bits per heavy atom. The van der Waals surface area contributed by atoms with E-state index in [0.717, 1.165) is 12.1 Å². The molecule has 1 aromatic rings. The van der Waals surface area contributed by atoms with Crippen LogP contribution in [0.2, 0.25) is 0 Å². The predicted octanol–water partition coefficient (Wildman–Crippen LogP) is 1.05. The predicted molar refractivity (Wildman–Crippen MR) is 54.9 cm³/mol. The van der Waals surface area contributed by atoms with Crippen molar-refractivity contribution in [3.8, 4) is 0 Å². The van der Waals surface area contributed by atoms with Gasteiger partial charge >= 0.3 is 0 Å². The number of hydrogen-bond acceptors (Lipinski definition) is 3. The molecular weight excluding hydrogens is 176 g/mol. The van der Waals surface area contributed by atoms with Gasteiger partial charge in [0.1, 0.15) is 0 Å². The van der Waals surface area contributed by atoms with Crippen LogP contribution in [0.25, 0.3) is 0 Å². The molecule has 2 rings (SSSR count). The largest absolute Gasteiger partial charge is 0.311 e. The molecule has 0 saturated carbocycles. The Hall–Kier alpha value is -0.900. The number of aryl methyl sites for hydroxylation is 2. The fraction of sp³-hybridized carbons (Fsp3) is 0.800. The van der Waals surface area contributed by atoms with Gasteiger partial charge in [-0.1, -0.05) is 19.1 Å². The average molecular weight is 194 g/mol. The van der Waals surface area contributed by atoms with Crippen molar-refractivity contribution >= 4 is 0 Å². The van der Waals surface area contributed by atoms with Gasteiger partial charge in [0.25, 0.3) is 0 Å². The maximum atomic E-state index is 4.19. The van der Waals surface area contributed by atoms with Crippen molar-refractivity contribution < 1.29 is 0 Å². The Bertz CT molecular complexity index is 340. The van der Waals surface area contributed by atoms with Crippen molar-refractivity contribution in [3.63, 3.8) is 0 Å². The van der Waals surface area contributed by atoms with Gasteiger partial charge in [0.15, 0.2) is 0 Å². The van der Waals surface area contributed by atoms with Crippen molar-refractivity contribution in [2.45, 2.75) is 32.7 Å². The Morgan fingerprint density at radius 3 is 2.86 bits per heavy atom. The van der Waals surface area contributed by atoms with Gasteiger partial charge in [-0.3, -0.25) is 4.68 Å². The summed E-state index contributed by atoms with van der Waals surface area (Å²) in [5.74, 6) is 0. The summed E-state index contributed by atoms with van der Waals surface area (Å²) < 4.78 is 1.90. The van der Waals surface area contributed by atoms with E-state index >= 15 is 0 Å². The number of hydrogen-bond donors (Lipinski definition) is 1. The number of nitrogens with zero attached hydrogens (tertiary/aromatic N) is 3. The van der Waals surface area contributed by atoms with Crippen LogP contribution in [0.1, 0.15) is 37.7 Å². The lowest BCUT2D eigenvalue weighted by atomic mass is 9.73. The highest BCUT2D eigenvalue weighted by Crippen LogP contribution is 2.41. The van der Waals surface area contributed by atoms with Crippen LogP contribution in [-0.2, 0) is 13.5 Å². The molecule has 0 saturated heterocycles. The first-order valence-corrected chi connectivity index (χ1v) is 5.12. The van der Waals surface area contributed by atoms with Crippen molar-refractivity contribution in [2.75, 3.05) is 7.05 Å². The minimum atomic E-state index is 0.289. The topological polar surface area (TPSA) is 42.7 Å². The molecule has 0 spiro atoms. The molecule has 0 aromatic carbocycles. The van der Waals surface area contributed by atoms with E-state index in [2.05, 4.69) is 29.5 Å². The molecule has 1 N–H and O–H groups in total. The number of fused-ring (bicyclic) bond motifs is 1. The summed E-state index contributed by atoms with van der Waals surface area (Å²) in [7, 11) is 3.98. The van der Waals surface area contributed by atoms with Gasteiger partial charge in [-0.15, -0.1) is 5.10 Å². The van der Waals surface area contributed by atoms with Gasteiger partial charge < -0.3 is 5.32 Å². The molecule has 0 fully saturated rings. The summed E-state index contributed by atoms with van der Waals surface area (Å²) in [6.45, 7) is 4.59. The van der Waals surface area contributed by atoms with Crippen LogP contribution in [0.4, 0.5) is 0 Å². The highest BCUT2D eigenvalue weighted by Gasteiger charge is 2.37. The van der Waals surface area contributed by atoms with E-state index in [0.29, 0.717) is 6.04 Å². The third-order valence-electron chi connectivity index (χ3n) is 3.29.